The number of carbonyl (C=O) groups excluding carboxylic acids is 1. The first-order chi connectivity index (χ1) is 22.5. The van der Waals surface area contributed by atoms with Crippen LogP contribution in [0.2, 0.25) is 0 Å². The Bertz CT molecular complexity index is 679. The van der Waals surface area contributed by atoms with Gasteiger partial charge in [0.2, 0.25) is 5.91 Å². The van der Waals surface area contributed by atoms with Crippen LogP contribution in [0.15, 0.2) is 24.3 Å². The third-order valence-electron chi connectivity index (χ3n) is 9.23. The van der Waals surface area contributed by atoms with Crippen LogP contribution in [0.5, 0.6) is 0 Å². The van der Waals surface area contributed by atoms with Crippen LogP contribution in [0.4, 0.5) is 0 Å². The van der Waals surface area contributed by atoms with Gasteiger partial charge in [-0.05, 0) is 38.5 Å². The summed E-state index contributed by atoms with van der Waals surface area (Å²) < 4.78 is 0. The number of hydrogen-bond acceptors (Lipinski definition) is 4. The summed E-state index contributed by atoms with van der Waals surface area (Å²) in [6.45, 7) is 4.15. The molecule has 0 spiro atoms. The summed E-state index contributed by atoms with van der Waals surface area (Å²) in [6.07, 6.45) is 43.3. The van der Waals surface area contributed by atoms with E-state index in [0.29, 0.717) is 6.42 Å². The molecular weight excluding hydrogens is 570 g/mol. The number of aliphatic hydroxyl groups excluding tert-OH is 3. The predicted octanol–water partition coefficient (Wildman–Crippen LogP) is 11.0. The Labute approximate surface area is 286 Å². The molecule has 5 nitrogen and oxygen atoms in total. The molecule has 0 heterocycles. The van der Waals surface area contributed by atoms with Gasteiger partial charge in [0.15, 0.2) is 0 Å². The first-order valence-corrected chi connectivity index (χ1v) is 20.1. The molecule has 0 rings (SSSR count). The molecular formula is C41H79NO4. The molecule has 5 heteroatoms. The number of amides is 1. The summed E-state index contributed by atoms with van der Waals surface area (Å²) in [5.74, 6) is -0.327. The Hall–Kier alpha value is -1.17. The number of unbranched alkanes of at least 4 members (excludes halogenated alkanes) is 25. The van der Waals surface area contributed by atoms with Crippen molar-refractivity contribution in [3.05, 3.63) is 24.3 Å². The van der Waals surface area contributed by atoms with Crippen LogP contribution < -0.4 is 5.32 Å². The van der Waals surface area contributed by atoms with Gasteiger partial charge < -0.3 is 20.6 Å². The molecule has 0 aromatic rings. The Kier molecular flexibility index (Phi) is 35.7. The molecule has 3 atom stereocenters. The van der Waals surface area contributed by atoms with Crippen LogP contribution in [0.1, 0.15) is 206 Å². The highest BCUT2D eigenvalue weighted by atomic mass is 16.3. The van der Waals surface area contributed by atoms with E-state index in [-0.39, 0.29) is 18.9 Å². The maximum atomic E-state index is 12.3. The summed E-state index contributed by atoms with van der Waals surface area (Å²) in [7, 11) is 0. The second-order valence-electron chi connectivity index (χ2n) is 13.9. The van der Waals surface area contributed by atoms with Crippen LogP contribution in [0.3, 0.4) is 0 Å². The van der Waals surface area contributed by atoms with Gasteiger partial charge in [0.25, 0.3) is 0 Å². The standard InChI is InChI=1S/C41H79NO4/c1-3-5-7-9-11-13-14-15-16-17-18-19-20-21-22-23-24-25-27-29-31-33-35-40(45)39(37-43)42-41(46)36-38(44)34-32-30-28-26-12-10-8-6-4-2/h10,12,33,35,38-40,43-45H,3-9,11,13-32,34,36-37H2,1-2H3,(H,42,46)/b12-10-,35-33+. The monoisotopic (exact) mass is 650 g/mol. The quantitative estimate of drug-likeness (QED) is 0.0401. The lowest BCUT2D eigenvalue weighted by Gasteiger charge is -2.21. The topological polar surface area (TPSA) is 89.8 Å². The van der Waals surface area contributed by atoms with E-state index >= 15 is 0 Å². The molecule has 0 aliphatic heterocycles. The molecule has 0 saturated carbocycles. The molecule has 0 aliphatic carbocycles. The van der Waals surface area contributed by atoms with Crippen molar-refractivity contribution in [3.63, 3.8) is 0 Å². The number of carbonyl (C=O) groups is 1. The zero-order chi connectivity index (χ0) is 33.8. The molecule has 0 aliphatic rings. The van der Waals surface area contributed by atoms with E-state index in [1.165, 1.54) is 135 Å². The van der Waals surface area contributed by atoms with Gasteiger partial charge in [-0.1, -0.05) is 186 Å². The molecule has 0 aromatic heterocycles. The van der Waals surface area contributed by atoms with Crippen molar-refractivity contribution in [1.82, 2.24) is 5.32 Å². The van der Waals surface area contributed by atoms with Crippen LogP contribution in [0.25, 0.3) is 0 Å². The fraction of sp³-hybridized carbons (Fsp3) is 0.878. The number of rotatable bonds is 36. The van der Waals surface area contributed by atoms with Crippen molar-refractivity contribution in [1.29, 1.82) is 0 Å². The average molecular weight is 650 g/mol. The van der Waals surface area contributed by atoms with Crippen molar-refractivity contribution in [2.75, 3.05) is 6.61 Å². The van der Waals surface area contributed by atoms with Gasteiger partial charge in [-0.25, -0.2) is 0 Å². The Morgan fingerprint density at radius 1 is 0.543 bits per heavy atom. The molecule has 1 amide bonds. The zero-order valence-corrected chi connectivity index (χ0v) is 30.7. The fourth-order valence-electron chi connectivity index (χ4n) is 6.08. The van der Waals surface area contributed by atoms with E-state index in [1.807, 2.05) is 6.08 Å². The molecule has 0 saturated heterocycles. The van der Waals surface area contributed by atoms with Crippen LogP contribution in [0, 0.1) is 0 Å². The van der Waals surface area contributed by atoms with E-state index in [2.05, 4.69) is 31.3 Å². The van der Waals surface area contributed by atoms with Gasteiger partial charge in [-0.3, -0.25) is 4.79 Å². The molecule has 0 bridgehead atoms. The first-order valence-electron chi connectivity index (χ1n) is 20.1. The Morgan fingerprint density at radius 2 is 0.935 bits per heavy atom. The highest BCUT2D eigenvalue weighted by Crippen LogP contribution is 2.15. The van der Waals surface area contributed by atoms with E-state index in [1.54, 1.807) is 6.08 Å². The third kappa shape index (κ3) is 32.8. The normalized spacial score (nSPS) is 13.9. The van der Waals surface area contributed by atoms with E-state index < -0.39 is 18.2 Å². The number of hydrogen-bond donors (Lipinski definition) is 4. The molecule has 272 valence electrons. The molecule has 46 heavy (non-hydrogen) atoms. The molecule has 0 fully saturated rings. The largest absolute Gasteiger partial charge is 0.394 e. The van der Waals surface area contributed by atoms with Gasteiger partial charge >= 0.3 is 0 Å². The predicted molar refractivity (Wildman–Crippen MR) is 199 cm³/mol. The van der Waals surface area contributed by atoms with Crippen LogP contribution in [-0.2, 0) is 4.79 Å². The Balaban J connectivity index is 3.64. The maximum Gasteiger partial charge on any atom is 0.222 e. The van der Waals surface area contributed by atoms with Gasteiger partial charge in [0.05, 0.1) is 31.3 Å². The summed E-state index contributed by atoms with van der Waals surface area (Å²) in [4.78, 5) is 12.3. The minimum atomic E-state index is -0.929. The number of nitrogens with one attached hydrogen (secondary N) is 1. The summed E-state index contributed by atoms with van der Waals surface area (Å²) in [5, 5.41) is 33.0. The van der Waals surface area contributed by atoms with Crippen molar-refractivity contribution in [3.8, 4) is 0 Å². The van der Waals surface area contributed by atoms with E-state index in [4.69, 9.17) is 0 Å². The average Bonchev–Trinajstić information content (AvgIpc) is 3.05. The van der Waals surface area contributed by atoms with Crippen molar-refractivity contribution < 1.29 is 20.1 Å². The van der Waals surface area contributed by atoms with Crippen molar-refractivity contribution in [2.24, 2.45) is 0 Å². The second-order valence-corrected chi connectivity index (χ2v) is 13.9. The van der Waals surface area contributed by atoms with Gasteiger partial charge in [-0.15, -0.1) is 0 Å². The van der Waals surface area contributed by atoms with Crippen molar-refractivity contribution >= 4 is 5.91 Å². The maximum absolute atomic E-state index is 12.3. The van der Waals surface area contributed by atoms with E-state index in [9.17, 15) is 20.1 Å². The lowest BCUT2D eigenvalue weighted by molar-refractivity contribution is -0.124. The second kappa shape index (κ2) is 36.7. The zero-order valence-electron chi connectivity index (χ0n) is 30.7. The number of allylic oxidation sites excluding steroid dienone is 3. The number of aliphatic hydroxyl groups is 3. The van der Waals surface area contributed by atoms with Gasteiger partial charge in [-0.2, -0.15) is 0 Å². The summed E-state index contributed by atoms with van der Waals surface area (Å²) >= 11 is 0. The van der Waals surface area contributed by atoms with Crippen LogP contribution >= 0.6 is 0 Å². The molecule has 4 N–H and O–H groups in total. The van der Waals surface area contributed by atoms with Gasteiger partial charge in [0, 0.05) is 0 Å². The highest BCUT2D eigenvalue weighted by molar-refractivity contribution is 5.76. The highest BCUT2D eigenvalue weighted by Gasteiger charge is 2.20. The van der Waals surface area contributed by atoms with Gasteiger partial charge in [0.1, 0.15) is 0 Å². The fourth-order valence-corrected chi connectivity index (χ4v) is 6.08. The molecule has 0 aromatic carbocycles. The third-order valence-corrected chi connectivity index (χ3v) is 9.23. The minimum absolute atomic E-state index is 0.00323. The lowest BCUT2D eigenvalue weighted by Crippen LogP contribution is -2.45. The smallest absolute Gasteiger partial charge is 0.222 e. The Morgan fingerprint density at radius 3 is 1.39 bits per heavy atom. The molecule has 0 radical (unpaired) electrons. The minimum Gasteiger partial charge on any atom is -0.394 e. The van der Waals surface area contributed by atoms with Crippen molar-refractivity contribution in [2.45, 2.75) is 225 Å². The SMILES string of the molecule is CCCC/C=C\CCCCCC(O)CC(=O)NC(CO)C(O)/C=C/CCCCCCCCCCCCCCCCCCCCCC. The first kappa shape index (κ1) is 44.8. The summed E-state index contributed by atoms with van der Waals surface area (Å²) in [6, 6.07) is -0.745. The lowest BCUT2D eigenvalue weighted by atomic mass is 10.0. The molecule has 3 unspecified atom stereocenters. The summed E-state index contributed by atoms with van der Waals surface area (Å²) in [5.41, 5.74) is 0. The van der Waals surface area contributed by atoms with Crippen LogP contribution in [-0.4, -0.2) is 46.1 Å². The van der Waals surface area contributed by atoms with E-state index in [0.717, 1.165) is 44.9 Å².